The third-order valence-electron chi connectivity index (χ3n) is 4.75. The zero-order valence-electron chi connectivity index (χ0n) is 15.0. The predicted octanol–water partition coefficient (Wildman–Crippen LogP) is 2.28. The van der Waals surface area contributed by atoms with Gasteiger partial charge in [0.05, 0.1) is 0 Å². The molecule has 0 aromatic rings. The van der Waals surface area contributed by atoms with Gasteiger partial charge in [-0.25, -0.2) is 0 Å². The normalized spacial score (nSPS) is 12.4. The van der Waals surface area contributed by atoms with Crippen LogP contribution < -0.4 is 35.2 Å². The van der Waals surface area contributed by atoms with Crippen LogP contribution in [0.5, 0.6) is 0 Å². The molecule has 0 saturated heterocycles. The summed E-state index contributed by atoms with van der Waals surface area (Å²) in [7, 11) is 0. The molecular formula is C16H44N6. The highest BCUT2D eigenvalue weighted by Crippen LogP contribution is 2.45. The van der Waals surface area contributed by atoms with Crippen LogP contribution in [0, 0.1) is 11.3 Å². The van der Waals surface area contributed by atoms with Gasteiger partial charge >= 0.3 is 0 Å². The molecule has 0 aliphatic heterocycles. The fraction of sp³-hybridized carbons (Fsp3) is 1.00. The van der Waals surface area contributed by atoms with Gasteiger partial charge in [-0.3, -0.25) is 0 Å². The summed E-state index contributed by atoms with van der Waals surface area (Å²) in [5.41, 5.74) is 23.4. The van der Waals surface area contributed by atoms with Crippen molar-refractivity contribution in [3.63, 3.8) is 0 Å². The quantitative estimate of drug-likeness (QED) is 0.286. The number of hydrogen-bond acceptors (Lipinski definition) is 6. The molecule has 1 unspecified atom stereocenters. The molecule has 0 spiro atoms. The van der Waals surface area contributed by atoms with E-state index in [1.165, 1.54) is 32.1 Å². The van der Waals surface area contributed by atoms with Crippen molar-refractivity contribution in [3.8, 4) is 0 Å². The molecule has 0 radical (unpaired) electrons. The van der Waals surface area contributed by atoms with E-state index in [1.807, 2.05) is 0 Å². The van der Waals surface area contributed by atoms with E-state index in [-0.39, 0.29) is 12.3 Å². The lowest BCUT2D eigenvalue weighted by Gasteiger charge is -2.42. The zero-order valence-corrected chi connectivity index (χ0v) is 15.0. The van der Waals surface area contributed by atoms with Crippen molar-refractivity contribution in [1.29, 1.82) is 0 Å². The van der Waals surface area contributed by atoms with Crippen molar-refractivity contribution in [2.75, 3.05) is 26.2 Å². The summed E-state index contributed by atoms with van der Waals surface area (Å²) in [6.07, 6.45) is 10.5. The molecule has 0 saturated carbocycles. The van der Waals surface area contributed by atoms with E-state index in [4.69, 9.17) is 22.9 Å². The molecule has 0 fully saturated rings. The second kappa shape index (κ2) is 17.1. The summed E-state index contributed by atoms with van der Waals surface area (Å²) in [6, 6.07) is 0. The fourth-order valence-electron chi connectivity index (χ4n) is 3.66. The predicted molar refractivity (Wildman–Crippen MR) is 99.4 cm³/mol. The van der Waals surface area contributed by atoms with Crippen LogP contribution in [0.15, 0.2) is 0 Å². The first kappa shape index (κ1) is 26.6. The summed E-state index contributed by atoms with van der Waals surface area (Å²) in [5.74, 6) is 0.732. The lowest BCUT2D eigenvalue weighted by molar-refractivity contribution is 0.0936. The molecule has 138 valence electrons. The van der Waals surface area contributed by atoms with Crippen LogP contribution in [-0.2, 0) is 0 Å². The van der Waals surface area contributed by atoms with Gasteiger partial charge < -0.3 is 35.2 Å². The van der Waals surface area contributed by atoms with Crippen LogP contribution in [0.3, 0.4) is 0 Å². The van der Waals surface area contributed by atoms with Crippen LogP contribution in [0.2, 0.25) is 0 Å². The summed E-state index contributed by atoms with van der Waals surface area (Å²) >= 11 is 0. The van der Waals surface area contributed by atoms with E-state index in [0.717, 1.165) is 57.8 Å². The van der Waals surface area contributed by atoms with Gasteiger partial charge in [0.1, 0.15) is 0 Å². The molecule has 0 aliphatic carbocycles. The molecule has 1 atom stereocenters. The Hall–Kier alpha value is -0.240. The second-order valence-electron chi connectivity index (χ2n) is 6.08. The molecule has 0 aliphatic rings. The van der Waals surface area contributed by atoms with Gasteiger partial charge in [0.2, 0.25) is 0 Å². The number of rotatable bonds is 14. The Balaban J connectivity index is -0.00000180. The molecule has 0 aromatic carbocycles. The first-order valence-corrected chi connectivity index (χ1v) is 8.51. The van der Waals surface area contributed by atoms with Gasteiger partial charge in [-0.05, 0) is 88.9 Å². The molecule has 22 heavy (non-hydrogen) atoms. The second-order valence-corrected chi connectivity index (χ2v) is 6.08. The standard InChI is InChI=1S/C16H38N4.2H3N/c1-2-15(7-3-11-17)16(8-4-12-18,9-5-13-19)10-6-14-20;;/h15H,2-14,17-20H2,1H3;2*1H3. The van der Waals surface area contributed by atoms with Gasteiger partial charge in [0.25, 0.3) is 0 Å². The minimum absolute atomic E-state index is 0. The summed E-state index contributed by atoms with van der Waals surface area (Å²) in [5, 5.41) is 0. The molecule has 0 heterocycles. The first-order valence-electron chi connectivity index (χ1n) is 8.51. The Labute approximate surface area is 138 Å². The average Bonchev–Trinajstić information content (AvgIpc) is 2.48. The smallest absolute Gasteiger partial charge is 0.00771 e. The van der Waals surface area contributed by atoms with Crippen molar-refractivity contribution in [1.82, 2.24) is 12.3 Å². The monoisotopic (exact) mass is 320 g/mol. The Bertz CT molecular complexity index is 191. The molecule has 0 rings (SSSR count). The molecule has 14 N–H and O–H groups in total. The lowest BCUT2D eigenvalue weighted by Crippen LogP contribution is -2.33. The van der Waals surface area contributed by atoms with Gasteiger partial charge in [-0.2, -0.15) is 0 Å². The average molecular weight is 321 g/mol. The van der Waals surface area contributed by atoms with Crippen molar-refractivity contribution in [2.45, 2.75) is 64.7 Å². The molecule has 0 bridgehead atoms. The molecule has 0 amide bonds. The third-order valence-corrected chi connectivity index (χ3v) is 4.75. The molecular weight excluding hydrogens is 276 g/mol. The van der Waals surface area contributed by atoms with Crippen LogP contribution in [0.25, 0.3) is 0 Å². The van der Waals surface area contributed by atoms with E-state index in [0.29, 0.717) is 5.41 Å². The minimum atomic E-state index is 0. The Morgan fingerprint density at radius 1 is 0.682 bits per heavy atom. The van der Waals surface area contributed by atoms with Crippen LogP contribution in [0.4, 0.5) is 0 Å². The maximum absolute atomic E-state index is 5.77. The highest BCUT2D eigenvalue weighted by Gasteiger charge is 2.35. The Kier molecular flexibility index (Phi) is 20.7. The number of hydrogen-bond donors (Lipinski definition) is 6. The largest absolute Gasteiger partial charge is 0.344 e. The summed E-state index contributed by atoms with van der Waals surface area (Å²) < 4.78 is 0. The lowest BCUT2D eigenvalue weighted by atomic mass is 9.64. The van der Waals surface area contributed by atoms with E-state index in [1.54, 1.807) is 0 Å². The maximum atomic E-state index is 5.77. The van der Waals surface area contributed by atoms with Crippen LogP contribution in [-0.4, -0.2) is 26.2 Å². The SMILES string of the molecule is CCC(CCCN)C(CCCN)(CCCN)CCCN.N.N. The Morgan fingerprint density at radius 3 is 1.32 bits per heavy atom. The highest BCUT2D eigenvalue weighted by molar-refractivity contribution is 4.86. The molecule has 0 aromatic heterocycles. The highest BCUT2D eigenvalue weighted by atomic mass is 14.6. The van der Waals surface area contributed by atoms with E-state index >= 15 is 0 Å². The molecule has 6 nitrogen and oxygen atoms in total. The van der Waals surface area contributed by atoms with Crippen molar-refractivity contribution < 1.29 is 0 Å². The fourth-order valence-corrected chi connectivity index (χ4v) is 3.66. The molecule has 6 heteroatoms. The maximum Gasteiger partial charge on any atom is -0.00771 e. The first-order chi connectivity index (χ1) is 9.70. The minimum Gasteiger partial charge on any atom is -0.344 e. The van der Waals surface area contributed by atoms with E-state index in [9.17, 15) is 0 Å². The zero-order chi connectivity index (χ0) is 15.3. The van der Waals surface area contributed by atoms with Crippen LogP contribution in [0.1, 0.15) is 64.7 Å². The van der Waals surface area contributed by atoms with Crippen molar-refractivity contribution in [3.05, 3.63) is 0 Å². The van der Waals surface area contributed by atoms with Crippen molar-refractivity contribution in [2.24, 2.45) is 34.3 Å². The van der Waals surface area contributed by atoms with E-state index < -0.39 is 0 Å². The van der Waals surface area contributed by atoms with Gasteiger partial charge in [-0.15, -0.1) is 0 Å². The van der Waals surface area contributed by atoms with Crippen molar-refractivity contribution >= 4 is 0 Å². The topological polar surface area (TPSA) is 174 Å². The Morgan fingerprint density at radius 2 is 1.05 bits per heavy atom. The van der Waals surface area contributed by atoms with E-state index in [2.05, 4.69) is 6.92 Å². The number of nitrogens with two attached hydrogens (primary N) is 4. The van der Waals surface area contributed by atoms with Crippen LogP contribution >= 0.6 is 0 Å². The van der Waals surface area contributed by atoms with Gasteiger partial charge in [0.15, 0.2) is 0 Å². The van der Waals surface area contributed by atoms with Gasteiger partial charge in [0, 0.05) is 0 Å². The summed E-state index contributed by atoms with van der Waals surface area (Å²) in [6.45, 7) is 5.43. The van der Waals surface area contributed by atoms with Gasteiger partial charge in [-0.1, -0.05) is 13.3 Å². The summed E-state index contributed by atoms with van der Waals surface area (Å²) in [4.78, 5) is 0. The third kappa shape index (κ3) is 9.71.